The summed E-state index contributed by atoms with van der Waals surface area (Å²) in [5.41, 5.74) is 2.08. The molecule has 2 rings (SSSR count). The summed E-state index contributed by atoms with van der Waals surface area (Å²) in [4.78, 5) is 26.1. The number of hydrogen-bond donors (Lipinski definition) is 0. The summed E-state index contributed by atoms with van der Waals surface area (Å²) in [6.45, 7) is 6.23. The topological polar surface area (TPSA) is 74.3 Å². The predicted octanol–water partition coefficient (Wildman–Crippen LogP) is 2.98. The molecule has 0 N–H and O–H groups in total. The van der Waals surface area contributed by atoms with Crippen molar-refractivity contribution in [1.82, 2.24) is 4.90 Å². The first-order valence-electron chi connectivity index (χ1n) is 8.69. The van der Waals surface area contributed by atoms with Gasteiger partial charge in [0.1, 0.15) is 12.4 Å². The van der Waals surface area contributed by atoms with Crippen LogP contribution >= 0.6 is 0 Å². The van der Waals surface area contributed by atoms with Gasteiger partial charge in [-0.25, -0.2) is 9.59 Å². The zero-order valence-corrected chi connectivity index (χ0v) is 16.5. The Kier molecular flexibility index (Phi) is 6.98. The zero-order valence-electron chi connectivity index (χ0n) is 16.5. The molecule has 1 aliphatic heterocycles. The zero-order chi connectivity index (χ0) is 20.0. The third-order valence-electron chi connectivity index (χ3n) is 3.87. The molecule has 1 aliphatic rings. The third-order valence-corrected chi connectivity index (χ3v) is 3.87. The number of rotatable bonds is 6. The first-order chi connectivity index (χ1) is 12.7. The van der Waals surface area contributed by atoms with Crippen molar-refractivity contribution in [3.8, 4) is 0 Å². The maximum Gasteiger partial charge on any atom is 0.411 e. The van der Waals surface area contributed by atoms with Crippen molar-refractivity contribution in [1.29, 1.82) is 0 Å². The SMILES string of the molecule is COCOCc1cccc(C2=C[C@H](C(=O)OC)N(C(=O)OC(C)(C)C)C2)c1. The van der Waals surface area contributed by atoms with Gasteiger partial charge in [-0.15, -0.1) is 0 Å². The molecule has 0 radical (unpaired) electrons. The molecule has 1 atom stereocenters. The van der Waals surface area contributed by atoms with E-state index in [2.05, 4.69) is 0 Å². The standard InChI is InChI=1S/C20H27NO6/c1-20(2,3)27-19(23)21-11-16(10-17(21)18(22)25-5)15-8-6-7-14(9-15)12-26-13-24-4/h6-10,17H,11-13H2,1-5H3/t17-/m1/s1. The average Bonchev–Trinajstić information content (AvgIpc) is 3.06. The largest absolute Gasteiger partial charge is 0.467 e. The molecule has 0 aliphatic carbocycles. The van der Waals surface area contributed by atoms with Crippen LogP contribution in [-0.4, -0.2) is 56.2 Å². The molecule has 0 saturated carbocycles. The van der Waals surface area contributed by atoms with Crippen LogP contribution in [0.1, 0.15) is 31.9 Å². The first-order valence-corrected chi connectivity index (χ1v) is 8.69. The van der Waals surface area contributed by atoms with E-state index in [1.54, 1.807) is 34.0 Å². The predicted molar refractivity (Wildman–Crippen MR) is 99.8 cm³/mol. The van der Waals surface area contributed by atoms with Crippen LogP contribution in [0.4, 0.5) is 4.79 Å². The molecule has 0 saturated heterocycles. The summed E-state index contributed by atoms with van der Waals surface area (Å²) < 4.78 is 20.5. The van der Waals surface area contributed by atoms with Crippen molar-refractivity contribution in [2.24, 2.45) is 0 Å². The van der Waals surface area contributed by atoms with Crippen LogP contribution in [0.25, 0.3) is 5.57 Å². The highest BCUT2D eigenvalue weighted by Crippen LogP contribution is 2.28. The summed E-state index contributed by atoms with van der Waals surface area (Å²) in [6.07, 6.45) is 1.19. The van der Waals surface area contributed by atoms with Gasteiger partial charge >= 0.3 is 12.1 Å². The fourth-order valence-electron chi connectivity index (χ4n) is 2.72. The number of carbonyl (C=O) groups excluding carboxylic acids is 2. The molecule has 1 aromatic carbocycles. The van der Waals surface area contributed by atoms with Crippen molar-refractivity contribution in [2.45, 2.75) is 39.0 Å². The van der Waals surface area contributed by atoms with E-state index in [-0.39, 0.29) is 13.3 Å². The summed E-state index contributed by atoms with van der Waals surface area (Å²) in [5, 5.41) is 0. The minimum absolute atomic E-state index is 0.212. The van der Waals surface area contributed by atoms with Crippen LogP contribution in [0.3, 0.4) is 0 Å². The van der Waals surface area contributed by atoms with E-state index >= 15 is 0 Å². The highest BCUT2D eigenvalue weighted by molar-refractivity contribution is 5.90. The van der Waals surface area contributed by atoms with Crippen molar-refractivity contribution < 1.29 is 28.5 Å². The van der Waals surface area contributed by atoms with Crippen molar-refractivity contribution in [2.75, 3.05) is 27.6 Å². The van der Waals surface area contributed by atoms with Crippen LogP contribution in [0, 0.1) is 0 Å². The molecule has 7 nitrogen and oxygen atoms in total. The lowest BCUT2D eigenvalue weighted by molar-refractivity contribution is -0.144. The number of nitrogens with zero attached hydrogens (tertiary/aromatic N) is 1. The van der Waals surface area contributed by atoms with E-state index < -0.39 is 23.7 Å². The lowest BCUT2D eigenvalue weighted by Crippen LogP contribution is -2.44. The maximum atomic E-state index is 12.5. The third kappa shape index (κ3) is 5.80. The second-order valence-electron chi connectivity index (χ2n) is 7.22. The van der Waals surface area contributed by atoms with Crippen molar-refractivity contribution in [3.63, 3.8) is 0 Å². The minimum atomic E-state index is -0.812. The van der Waals surface area contributed by atoms with Gasteiger partial charge in [-0.3, -0.25) is 4.90 Å². The van der Waals surface area contributed by atoms with E-state index in [9.17, 15) is 9.59 Å². The average molecular weight is 377 g/mol. The molecule has 0 unspecified atom stereocenters. The van der Waals surface area contributed by atoms with Gasteiger partial charge in [-0.2, -0.15) is 0 Å². The van der Waals surface area contributed by atoms with Crippen LogP contribution in [0.2, 0.25) is 0 Å². The molecule has 0 fully saturated rings. The van der Waals surface area contributed by atoms with E-state index in [1.165, 1.54) is 12.0 Å². The molecular weight excluding hydrogens is 350 g/mol. The van der Waals surface area contributed by atoms with E-state index in [0.717, 1.165) is 16.7 Å². The molecule has 0 bridgehead atoms. The van der Waals surface area contributed by atoms with E-state index in [1.807, 2.05) is 24.3 Å². The highest BCUT2D eigenvalue weighted by atomic mass is 16.7. The highest BCUT2D eigenvalue weighted by Gasteiger charge is 2.37. The van der Waals surface area contributed by atoms with Crippen LogP contribution in [0.15, 0.2) is 30.3 Å². The Hall–Kier alpha value is -2.38. The molecule has 7 heteroatoms. The summed E-state index contributed by atoms with van der Waals surface area (Å²) in [5.74, 6) is -0.504. The number of methoxy groups -OCH3 is 2. The van der Waals surface area contributed by atoms with Crippen LogP contribution < -0.4 is 0 Å². The summed E-state index contributed by atoms with van der Waals surface area (Å²) in [7, 11) is 2.87. The Balaban J connectivity index is 2.21. The fraction of sp³-hybridized carbons (Fsp3) is 0.500. The molecule has 1 heterocycles. The van der Waals surface area contributed by atoms with Gasteiger partial charge in [-0.1, -0.05) is 18.2 Å². The normalized spacial score (nSPS) is 16.9. The Morgan fingerprint density at radius 3 is 2.59 bits per heavy atom. The first kappa shape index (κ1) is 20.9. The van der Waals surface area contributed by atoms with Gasteiger partial charge in [0.25, 0.3) is 0 Å². The van der Waals surface area contributed by atoms with Gasteiger partial charge < -0.3 is 18.9 Å². The van der Waals surface area contributed by atoms with Gasteiger partial charge in [0.15, 0.2) is 6.04 Å². The number of hydrogen-bond acceptors (Lipinski definition) is 6. The van der Waals surface area contributed by atoms with Gasteiger partial charge in [0, 0.05) is 7.11 Å². The van der Waals surface area contributed by atoms with Gasteiger partial charge in [-0.05, 0) is 49.6 Å². The molecule has 1 aromatic rings. The molecule has 148 valence electrons. The van der Waals surface area contributed by atoms with Crippen molar-refractivity contribution >= 4 is 17.6 Å². The molecule has 0 aromatic heterocycles. The smallest absolute Gasteiger partial charge is 0.411 e. The Morgan fingerprint density at radius 1 is 1.22 bits per heavy atom. The van der Waals surface area contributed by atoms with Crippen LogP contribution in [0.5, 0.6) is 0 Å². The minimum Gasteiger partial charge on any atom is -0.467 e. The fourth-order valence-corrected chi connectivity index (χ4v) is 2.72. The van der Waals surface area contributed by atoms with Gasteiger partial charge in [0.2, 0.25) is 0 Å². The maximum absolute atomic E-state index is 12.5. The van der Waals surface area contributed by atoms with E-state index in [4.69, 9.17) is 18.9 Å². The Labute approximate surface area is 159 Å². The number of ether oxygens (including phenoxy) is 4. The van der Waals surface area contributed by atoms with Crippen molar-refractivity contribution in [3.05, 3.63) is 41.5 Å². The second kappa shape index (κ2) is 9.01. The molecule has 27 heavy (non-hydrogen) atoms. The molecule has 1 amide bonds. The second-order valence-corrected chi connectivity index (χ2v) is 7.22. The lowest BCUT2D eigenvalue weighted by atomic mass is 10.0. The number of esters is 1. The number of carbonyl (C=O) groups is 2. The van der Waals surface area contributed by atoms with Gasteiger partial charge in [0.05, 0.1) is 20.3 Å². The monoisotopic (exact) mass is 377 g/mol. The van der Waals surface area contributed by atoms with Crippen LogP contribution in [-0.2, 0) is 30.3 Å². The Morgan fingerprint density at radius 2 is 1.96 bits per heavy atom. The number of benzene rings is 1. The number of amides is 1. The Bertz CT molecular complexity index is 707. The van der Waals surface area contributed by atoms with E-state index in [0.29, 0.717) is 6.61 Å². The lowest BCUT2D eigenvalue weighted by Gasteiger charge is -2.27. The molecular formula is C20H27NO6. The molecule has 0 spiro atoms. The quantitative estimate of drug-likeness (QED) is 0.431. The summed E-state index contributed by atoms with van der Waals surface area (Å²) >= 11 is 0. The summed E-state index contributed by atoms with van der Waals surface area (Å²) in [6, 6.07) is 6.93.